The summed E-state index contributed by atoms with van der Waals surface area (Å²) in [4.78, 5) is 0. The molecule has 0 saturated heterocycles. The Hall–Kier alpha value is -0.260. The fourth-order valence-electron chi connectivity index (χ4n) is 7.67. The average Bonchev–Trinajstić information content (AvgIpc) is 2.90. The lowest BCUT2D eigenvalue weighted by molar-refractivity contribution is -0.107. The van der Waals surface area contributed by atoms with Crippen LogP contribution in [-0.4, -0.2) is 0 Å². The zero-order valence-electron chi connectivity index (χ0n) is 14.4. The second kappa shape index (κ2) is 5.14. The van der Waals surface area contributed by atoms with Crippen molar-refractivity contribution < 1.29 is 0 Å². The Morgan fingerprint density at radius 2 is 1.86 bits per heavy atom. The number of fused-ring (bicyclic) bond motifs is 5. The largest absolute Gasteiger partial charge is 0.0882 e. The van der Waals surface area contributed by atoms with Gasteiger partial charge in [-0.1, -0.05) is 38.3 Å². The van der Waals surface area contributed by atoms with Crippen molar-refractivity contribution in [1.29, 1.82) is 0 Å². The maximum Gasteiger partial charge on any atom is -0.0172 e. The van der Waals surface area contributed by atoms with Gasteiger partial charge in [0.2, 0.25) is 0 Å². The van der Waals surface area contributed by atoms with Crippen molar-refractivity contribution in [2.75, 3.05) is 0 Å². The molecule has 7 unspecified atom stereocenters. The molecule has 21 heavy (non-hydrogen) atoms. The van der Waals surface area contributed by atoms with Crippen LogP contribution >= 0.6 is 0 Å². The van der Waals surface area contributed by atoms with E-state index in [-0.39, 0.29) is 0 Å². The minimum Gasteiger partial charge on any atom is -0.0882 e. The van der Waals surface area contributed by atoms with Crippen molar-refractivity contribution in [1.82, 2.24) is 0 Å². The van der Waals surface area contributed by atoms with Crippen molar-refractivity contribution in [3.05, 3.63) is 11.6 Å². The van der Waals surface area contributed by atoms with Crippen LogP contribution in [0.5, 0.6) is 0 Å². The first kappa shape index (κ1) is 14.3. The minimum atomic E-state index is 0.699. The second-order valence-corrected chi connectivity index (χ2v) is 9.09. The lowest BCUT2D eigenvalue weighted by Gasteiger charge is -2.60. The lowest BCUT2D eigenvalue weighted by Crippen LogP contribution is -2.52. The SMILES string of the molecule is C/C=C1/CCC2C1CCC1C2CC(C)C2CCCCC21C. The molecule has 7 atom stereocenters. The molecule has 0 aromatic rings. The fourth-order valence-corrected chi connectivity index (χ4v) is 7.67. The van der Waals surface area contributed by atoms with Gasteiger partial charge in [0.05, 0.1) is 0 Å². The number of hydrogen-bond donors (Lipinski definition) is 0. The second-order valence-electron chi connectivity index (χ2n) is 9.09. The van der Waals surface area contributed by atoms with E-state index in [4.69, 9.17) is 0 Å². The van der Waals surface area contributed by atoms with Crippen molar-refractivity contribution in [2.24, 2.45) is 40.9 Å². The Balaban J connectivity index is 1.65. The molecule has 0 heterocycles. The molecule has 4 aliphatic carbocycles. The molecule has 0 heteroatoms. The van der Waals surface area contributed by atoms with Crippen LogP contribution in [-0.2, 0) is 0 Å². The van der Waals surface area contributed by atoms with Gasteiger partial charge in [-0.05, 0) is 92.8 Å². The normalized spacial score (nSPS) is 54.9. The summed E-state index contributed by atoms with van der Waals surface area (Å²) in [6, 6.07) is 0. The predicted molar refractivity (Wildman–Crippen MR) is 90.0 cm³/mol. The van der Waals surface area contributed by atoms with E-state index >= 15 is 0 Å². The van der Waals surface area contributed by atoms with Gasteiger partial charge in [0, 0.05) is 0 Å². The molecule has 0 radical (unpaired) electrons. The summed E-state index contributed by atoms with van der Waals surface area (Å²) in [6.45, 7) is 7.58. The standard InChI is InChI=1S/C21H34/c1-4-15-8-9-17-16(15)10-11-20-18(17)13-14(2)19-7-5-6-12-21(19,20)3/h4,14,16-20H,5-13H2,1-3H3/b15-4-. The number of allylic oxidation sites excluding steroid dienone is 2. The summed E-state index contributed by atoms with van der Waals surface area (Å²) < 4.78 is 0. The van der Waals surface area contributed by atoms with Crippen LogP contribution in [0.4, 0.5) is 0 Å². The first-order chi connectivity index (χ1) is 10.1. The molecule has 0 amide bonds. The van der Waals surface area contributed by atoms with Gasteiger partial charge < -0.3 is 0 Å². The Morgan fingerprint density at radius 3 is 2.67 bits per heavy atom. The third-order valence-electron chi connectivity index (χ3n) is 8.49. The van der Waals surface area contributed by atoms with Crippen LogP contribution in [0.25, 0.3) is 0 Å². The third kappa shape index (κ3) is 2.00. The predicted octanol–water partition coefficient (Wildman–Crippen LogP) is 6.22. The van der Waals surface area contributed by atoms with Crippen LogP contribution < -0.4 is 0 Å². The third-order valence-corrected chi connectivity index (χ3v) is 8.49. The Kier molecular flexibility index (Phi) is 3.51. The molecular formula is C21H34. The van der Waals surface area contributed by atoms with E-state index in [0.29, 0.717) is 5.41 Å². The molecule has 0 nitrogen and oxygen atoms in total. The smallest absolute Gasteiger partial charge is 0.0172 e. The maximum atomic E-state index is 2.70. The van der Waals surface area contributed by atoms with Crippen LogP contribution in [0.1, 0.15) is 78.6 Å². The van der Waals surface area contributed by atoms with Gasteiger partial charge in [0.1, 0.15) is 0 Å². The monoisotopic (exact) mass is 286 g/mol. The van der Waals surface area contributed by atoms with Gasteiger partial charge in [-0.15, -0.1) is 0 Å². The molecule has 4 fully saturated rings. The Bertz CT molecular complexity index is 433. The van der Waals surface area contributed by atoms with Crippen LogP contribution in [0.15, 0.2) is 11.6 Å². The van der Waals surface area contributed by atoms with Crippen LogP contribution in [0.3, 0.4) is 0 Å². The molecule has 0 aliphatic heterocycles. The zero-order valence-corrected chi connectivity index (χ0v) is 14.4. The molecule has 4 aliphatic rings. The van der Waals surface area contributed by atoms with Crippen LogP contribution in [0, 0.1) is 40.9 Å². The minimum absolute atomic E-state index is 0.699. The topological polar surface area (TPSA) is 0 Å². The van der Waals surface area contributed by atoms with E-state index in [1.807, 2.05) is 5.57 Å². The number of rotatable bonds is 0. The number of hydrogen-bond acceptors (Lipinski definition) is 0. The fraction of sp³-hybridized carbons (Fsp3) is 0.905. The van der Waals surface area contributed by atoms with Crippen molar-refractivity contribution in [3.8, 4) is 0 Å². The van der Waals surface area contributed by atoms with Gasteiger partial charge in [-0.2, -0.15) is 0 Å². The molecule has 0 aromatic carbocycles. The highest BCUT2D eigenvalue weighted by Gasteiger charge is 2.56. The van der Waals surface area contributed by atoms with E-state index in [2.05, 4.69) is 26.8 Å². The first-order valence-electron chi connectivity index (χ1n) is 9.80. The zero-order chi connectivity index (χ0) is 14.6. The van der Waals surface area contributed by atoms with Crippen LogP contribution in [0.2, 0.25) is 0 Å². The molecule has 4 saturated carbocycles. The average molecular weight is 287 g/mol. The molecule has 0 N–H and O–H groups in total. The molecule has 0 spiro atoms. The Morgan fingerprint density at radius 1 is 1.00 bits per heavy atom. The van der Waals surface area contributed by atoms with Gasteiger partial charge in [-0.3, -0.25) is 0 Å². The highest BCUT2D eigenvalue weighted by molar-refractivity contribution is 5.17. The Labute approximate surface area is 131 Å². The van der Waals surface area contributed by atoms with Gasteiger partial charge >= 0.3 is 0 Å². The summed E-state index contributed by atoms with van der Waals surface area (Å²) in [5.41, 5.74) is 2.52. The van der Waals surface area contributed by atoms with E-state index in [1.165, 1.54) is 44.9 Å². The molecule has 0 bridgehead atoms. The van der Waals surface area contributed by atoms with Gasteiger partial charge in [0.25, 0.3) is 0 Å². The van der Waals surface area contributed by atoms with E-state index < -0.39 is 0 Å². The lowest BCUT2D eigenvalue weighted by atomic mass is 9.45. The van der Waals surface area contributed by atoms with E-state index in [9.17, 15) is 0 Å². The molecule has 118 valence electrons. The van der Waals surface area contributed by atoms with E-state index in [0.717, 1.165) is 35.5 Å². The first-order valence-corrected chi connectivity index (χ1v) is 9.80. The van der Waals surface area contributed by atoms with Gasteiger partial charge in [0.15, 0.2) is 0 Å². The summed E-state index contributed by atoms with van der Waals surface area (Å²) in [7, 11) is 0. The summed E-state index contributed by atoms with van der Waals surface area (Å²) in [6.07, 6.45) is 16.1. The van der Waals surface area contributed by atoms with Crippen molar-refractivity contribution in [2.45, 2.75) is 78.6 Å². The van der Waals surface area contributed by atoms with Crippen molar-refractivity contribution >= 4 is 0 Å². The summed E-state index contributed by atoms with van der Waals surface area (Å²) >= 11 is 0. The summed E-state index contributed by atoms with van der Waals surface area (Å²) in [5, 5.41) is 0. The summed E-state index contributed by atoms with van der Waals surface area (Å²) in [5.74, 6) is 6.20. The highest BCUT2D eigenvalue weighted by atomic mass is 14.6. The highest BCUT2D eigenvalue weighted by Crippen LogP contribution is 2.64. The van der Waals surface area contributed by atoms with E-state index in [1.54, 1.807) is 12.8 Å². The molecule has 4 rings (SSSR count). The van der Waals surface area contributed by atoms with Crippen molar-refractivity contribution in [3.63, 3.8) is 0 Å². The van der Waals surface area contributed by atoms with Gasteiger partial charge in [-0.25, -0.2) is 0 Å². The molecular weight excluding hydrogens is 252 g/mol. The molecule has 0 aromatic heterocycles. The quantitative estimate of drug-likeness (QED) is 0.464. The maximum absolute atomic E-state index is 2.70.